The lowest BCUT2D eigenvalue weighted by atomic mass is 10.1. The van der Waals surface area contributed by atoms with Gasteiger partial charge in [0, 0.05) is 12.1 Å². The molecule has 0 bridgehead atoms. The second-order valence-electron chi connectivity index (χ2n) is 6.01. The number of benzene rings is 1. The third-order valence-corrected chi connectivity index (χ3v) is 4.18. The van der Waals surface area contributed by atoms with Gasteiger partial charge in [0.2, 0.25) is 5.91 Å². The number of imide groups is 1. The number of fused-ring (bicyclic) bond motifs is 1. The first-order valence-electron chi connectivity index (χ1n) is 8.19. The van der Waals surface area contributed by atoms with E-state index in [0.29, 0.717) is 11.5 Å². The van der Waals surface area contributed by atoms with Crippen LogP contribution in [0, 0.1) is 10.1 Å². The number of rotatable bonds is 5. The number of carbonyl (C=O) groups is 3. The Labute approximate surface area is 161 Å². The minimum atomic E-state index is -0.759. The first-order valence-corrected chi connectivity index (χ1v) is 8.19. The Morgan fingerprint density at radius 3 is 2.45 bits per heavy atom. The van der Waals surface area contributed by atoms with E-state index in [1.54, 1.807) is 16.7 Å². The molecule has 0 saturated heterocycles. The summed E-state index contributed by atoms with van der Waals surface area (Å²) in [4.78, 5) is 52.2. The van der Waals surface area contributed by atoms with E-state index in [1.165, 1.54) is 24.9 Å². The molecule has 144 valence electrons. The topological polar surface area (TPSA) is 153 Å². The van der Waals surface area contributed by atoms with Gasteiger partial charge in [0.1, 0.15) is 25.0 Å². The van der Waals surface area contributed by atoms with Gasteiger partial charge >= 0.3 is 0 Å². The molecular weight excluding hydrogens is 382 g/mol. The molecule has 0 fully saturated rings. The van der Waals surface area contributed by atoms with Gasteiger partial charge in [-0.3, -0.25) is 34.0 Å². The van der Waals surface area contributed by atoms with Crippen molar-refractivity contribution in [3.05, 3.63) is 70.4 Å². The van der Waals surface area contributed by atoms with Crippen LogP contribution in [-0.4, -0.2) is 53.8 Å². The Balaban J connectivity index is 1.45. The monoisotopic (exact) mass is 393 g/mol. The van der Waals surface area contributed by atoms with Crippen molar-refractivity contribution >= 4 is 29.1 Å². The molecule has 0 atom stereocenters. The molecule has 0 aliphatic carbocycles. The number of aromatic nitrogens is 4. The third kappa shape index (κ3) is 3.29. The maximum atomic E-state index is 12.4. The molecule has 3 heterocycles. The fraction of sp³-hybridized carbons (Fsp3) is 0.0588. The predicted molar refractivity (Wildman–Crippen MR) is 96.2 cm³/mol. The molecule has 12 nitrogen and oxygen atoms in total. The first-order chi connectivity index (χ1) is 13.9. The quantitative estimate of drug-likeness (QED) is 0.379. The molecule has 0 radical (unpaired) electrons. The molecule has 1 aliphatic heterocycles. The van der Waals surface area contributed by atoms with Crippen molar-refractivity contribution in [3.63, 3.8) is 0 Å². The molecule has 4 rings (SSSR count). The van der Waals surface area contributed by atoms with Crippen LogP contribution in [0.1, 0.15) is 20.7 Å². The van der Waals surface area contributed by atoms with Gasteiger partial charge in [-0.2, -0.15) is 0 Å². The summed E-state index contributed by atoms with van der Waals surface area (Å²) in [6.07, 6.45) is 4.33. The van der Waals surface area contributed by atoms with Crippen LogP contribution >= 0.6 is 0 Å². The fourth-order valence-corrected chi connectivity index (χ4v) is 2.81. The summed E-state index contributed by atoms with van der Waals surface area (Å²) in [6, 6.07) is 6.59. The van der Waals surface area contributed by atoms with Crippen LogP contribution in [0.25, 0.3) is 5.82 Å². The third-order valence-electron chi connectivity index (χ3n) is 4.18. The molecule has 0 spiro atoms. The number of hydrogen-bond donors (Lipinski definition) is 1. The Kier molecular flexibility index (Phi) is 4.27. The number of pyridine rings is 1. The number of nitrogens with zero attached hydrogens (tertiary/aromatic N) is 6. The van der Waals surface area contributed by atoms with Crippen molar-refractivity contribution in [2.45, 2.75) is 0 Å². The standard InChI is InChI=1S/C17H11N7O5/c25-15(21-10-1-4-14(18-6-10)22-8-19-20-9-22)7-23-16(26)12-3-2-11(24(28)29)5-13(12)17(23)27/h1-6,8-9H,7H2,(H,21,25). The van der Waals surface area contributed by atoms with Gasteiger partial charge in [-0.25, -0.2) is 4.98 Å². The van der Waals surface area contributed by atoms with Crippen LogP contribution in [0.3, 0.4) is 0 Å². The summed E-state index contributed by atoms with van der Waals surface area (Å²) in [7, 11) is 0. The molecule has 3 aromatic rings. The highest BCUT2D eigenvalue weighted by Crippen LogP contribution is 2.26. The van der Waals surface area contributed by atoms with Gasteiger partial charge < -0.3 is 5.32 Å². The highest BCUT2D eigenvalue weighted by Gasteiger charge is 2.37. The predicted octanol–water partition coefficient (Wildman–Crippen LogP) is 0.805. The van der Waals surface area contributed by atoms with Crippen LogP contribution in [0.4, 0.5) is 11.4 Å². The van der Waals surface area contributed by atoms with E-state index in [1.807, 2.05) is 0 Å². The smallest absolute Gasteiger partial charge is 0.270 e. The molecule has 29 heavy (non-hydrogen) atoms. The van der Waals surface area contributed by atoms with Crippen molar-refractivity contribution in [1.82, 2.24) is 24.6 Å². The molecule has 3 amide bonds. The van der Waals surface area contributed by atoms with Crippen LogP contribution in [0.2, 0.25) is 0 Å². The summed E-state index contributed by atoms with van der Waals surface area (Å²) in [5, 5.41) is 20.7. The second-order valence-corrected chi connectivity index (χ2v) is 6.01. The highest BCUT2D eigenvalue weighted by atomic mass is 16.6. The van der Waals surface area contributed by atoms with Gasteiger partial charge in [-0.15, -0.1) is 10.2 Å². The molecule has 0 unspecified atom stereocenters. The second kappa shape index (κ2) is 6.92. The minimum absolute atomic E-state index is 0.0216. The Morgan fingerprint density at radius 2 is 1.79 bits per heavy atom. The number of anilines is 1. The van der Waals surface area contributed by atoms with Crippen LogP contribution in [0.5, 0.6) is 0 Å². The van der Waals surface area contributed by atoms with Crippen molar-refractivity contribution in [3.8, 4) is 5.82 Å². The van der Waals surface area contributed by atoms with E-state index in [9.17, 15) is 24.5 Å². The number of nitro benzene ring substituents is 1. The van der Waals surface area contributed by atoms with E-state index in [4.69, 9.17) is 0 Å². The van der Waals surface area contributed by atoms with Crippen molar-refractivity contribution in [2.24, 2.45) is 0 Å². The Bertz CT molecular complexity index is 1140. The maximum absolute atomic E-state index is 12.4. The number of nitrogens with one attached hydrogen (secondary N) is 1. The van der Waals surface area contributed by atoms with Crippen LogP contribution < -0.4 is 5.32 Å². The van der Waals surface area contributed by atoms with E-state index in [0.717, 1.165) is 17.0 Å². The SMILES string of the molecule is O=C(CN1C(=O)c2ccc([N+](=O)[O-])cc2C1=O)Nc1ccc(-n2cnnc2)nc1. The van der Waals surface area contributed by atoms with E-state index >= 15 is 0 Å². The molecular formula is C17H11N7O5. The van der Waals surface area contributed by atoms with Crippen molar-refractivity contribution in [2.75, 3.05) is 11.9 Å². The average molecular weight is 393 g/mol. The molecule has 1 N–H and O–H groups in total. The van der Waals surface area contributed by atoms with Crippen LogP contribution in [-0.2, 0) is 4.79 Å². The number of nitro groups is 1. The highest BCUT2D eigenvalue weighted by molar-refractivity contribution is 6.23. The molecule has 2 aromatic heterocycles. The van der Waals surface area contributed by atoms with Gasteiger partial charge in [0.25, 0.3) is 17.5 Å². The zero-order chi connectivity index (χ0) is 20.5. The van der Waals surface area contributed by atoms with Gasteiger partial charge in [-0.05, 0) is 18.2 Å². The minimum Gasteiger partial charge on any atom is -0.323 e. The largest absolute Gasteiger partial charge is 0.323 e. The number of amides is 3. The molecule has 1 aromatic carbocycles. The summed E-state index contributed by atoms with van der Waals surface area (Å²) < 4.78 is 1.57. The summed E-state index contributed by atoms with van der Waals surface area (Å²) >= 11 is 0. The lowest BCUT2D eigenvalue weighted by Crippen LogP contribution is -2.37. The average Bonchev–Trinajstić information content (AvgIpc) is 3.32. The Hall–Kier alpha value is -4.48. The van der Waals surface area contributed by atoms with Crippen LogP contribution in [0.15, 0.2) is 49.2 Å². The van der Waals surface area contributed by atoms with Gasteiger partial charge in [0.15, 0.2) is 0 Å². The first kappa shape index (κ1) is 17.9. The maximum Gasteiger partial charge on any atom is 0.270 e. The number of carbonyl (C=O) groups excluding carboxylic acids is 3. The molecule has 12 heteroatoms. The van der Waals surface area contributed by atoms with E-state index in [2.05, 4.69) is 20.5 Å². The van der Waals surface area contributed by atoms with E-state index < -0.39 is 29.2 Å². The zero-order valence-corrected chi connectivity index (χ0v) is 14.6. The number of non-ortho nitro benzene ring substituents is 1. The van der Waals surface area contributed by atoms with Gasteiger partial charge in [-0.1, -0.05) is 0 Å². The number of hydrogen-bond acceptors (Lipinski definition) is 8. The van der Waals surface area contributed by atoms with E-state index in [-0.39, 0.29) is 16.8 Å². The fourth-order valence-electron chi connectivity index (χ4n) is 2.81. The van der Waals surface area contributed by atoms with Crippen molar-refractivity contribution < 1.29 is 19.3 Å². The molecule has 0 saturated carbocycles. The lowest BCUT2D eigenvalue weighted by Gasteiger charge is -2.13. The summed E-state index contributed by atoms with van der Waals surface area (Å²) in [6.45, 7) is -0.534. The lowest BCUT2D eigenvalue weighted by molar-refractivity contribution is -0.384. The normalized spacial score (nSPS) is 12.8. The van der Waals surface area contributed by atoms with Crippen molar-refractivity contribution in [1.29, 1.82) is 0 Å². The molecule has 1 aliphatic rings. The Morgan fingerprint density at radius 1 is 1.07 bits per heavy atom. The van der Waals surface area contributed by atoms with Gasteiger partial charge in [0.05, 0.1) is 27.9 Å². The summed E-state index contributed by atoms with van der Waals surface area (Å²) in [5.41, 5.74) is -0.0279. The summed E-state index contributed by atoms with van der Waals surface area (Å²) in [5.74, 6) is -1.52. The zero-order valence-electron chi connectivity index (χ0n) is 14.6.